The molecule has 0 saturated heterocycles. The minimum Gasteiger partial charge on any atom is -0.398 e. The van der Waals surface area contributed by atoms with E-state index >= 15 is 0 Å². The van der Waals surface area contributed by atoms with Gasteiger partial charge in [-0.05, 0) is 19.1 Å². The largest absolute Gasteiger partial charge is 0.398 e. The Labute approximate surface area is 112 Å². The lowest BCUT2D eigenvalue weighted by Gasteiger charge is -2.06. The third-order valence-electron chi connectivity index (χ3n) is 2.69. The molecule has 0 aliphatic carbocycles. The van der Waals surface area contributed by atoms with Gasteiger partial charge in [-0.2, -0.15) is 0 Å². The number of carbonyl (C=O) groups is 1. The van der Waals surface area contributed by atoms with Gasteiger partial charge in [-0.15, -0.1) is 11.8 Å². The third kappa shape index (κ3) is 3.02. The van der Waals surface area contributed by atoms with Crippen LogP contribution in [0, 0.1) is 11.8 Å². The molecule has 96 valence electrons. The van der Waals surface area contributed by atoms with Crippen molar-refractivity contribution >= 4 is 22.5 Å². The number of hydrogen-bond acceptors (Lipinski definition) is 3. The van der Waals surface area contributed by atoms with Crippen molar-refractivity contribution in [1.29, 1.82) is 0 Å². The minimum absolute atomic E-state index is 0.227. The minimum atomic E-state index is -0.227. The maximum atomic E-state index is 11.9. The van der Waals surface area contributed by atoms with Crippen LogP contribution in [0.1, 0.15) is 23.8 Å². The maximum Gasteiger partial charge on any atom is 0.270 e. The fraction of sp³-hybridized carbons (Fsp3) is 0.200. The molecule has 19 heavy (non-hydrogen) atoms. The summed E-state index contributed by atoms with van der Waals surface area (Å²) >= 11 is 0. The van der Waals surface area contributed by atoms with Gasteiger partial charge in [-0.3, -0.25) is 4.79 Å². The lowest BCUT2D eigenvalue weighted by molar-refractivity contribution is 0.0950. The second kappa shape index (κ2) is 5.87. The first-order chi connectivity index (χ1) is 9.22. The number of fused-ring (bicyclic) bond motifs is 1. The van der Waals surface area contributed by atoms with E-state index in [9.17, 15) is 4.79 Å². The summed E-state index contributed by atoms with van der Waals surface area (Å²) in [7, 11) is 0. The molecule has 2 rings (SSSR count). The lowest BCUT2D eigenvalue weighted by Crippen LogP contribution is -2.25. The van der Waals surface area contributed by atoms with Gasteiger partial charge in [0.15, 0.2) is 0 Å². The SMILES string of the molecule is CC#CCCNC(=O)c1cc(N)c2ccccc2n1. The number of aromatic nitrogens is 1. The molecule has 2 aromatic rings. The standard InChI is InChI=1S/C15H15N3O/c1-2-3-6-9-17-15(19)14-10-12(16)11-7-4-5-8-13(11)18-14/h4-5,7-8,10H,6,9H2,1H3,(H2,16,18)(H,17,19). The summed E-state index contributed by atoms with van der Waals surface area (Å²) < 4.78 is 0. The van der Waals surface area contributed by atoms with E-state index in [2.05, 4.69) is 22.1 Å². The topological polar surface area (TPSA) is 68.0 Å². The summed E-state index contributed by atoms with van der Waals surface area (Å²) in [5, 5.41) is 3.62. The van der Waals surface area contributed by atoms with Crippen molar-refractivity contribution < 1.29 is 4.79 Å². The Hall–Kier alpha value is -2.54. The summed E-state index contributed by atoms with van der Waals surface area (Å²) in [6.07, 6.45) is 0.630. The number of pyridine rings is 1. The summed E-state index contributed by atoms with van der Waals surface area (Å²) in [5.41, 5.74) is 7.55. The maximum absolute atomic E-state index is 11.9. The quantitative estimate of drug-likeness (QED) is 0.649. The summed E-state index contributed by atoms with van der Waals surface area (Å²) in [4.78, 5) is 16.2. The van der Waals surface area contributed by atoms with Gasteiger partial charge in [-0.1, -0.05) is 18.2 Å². The number of nitrogens with zero attached hydrogens (tertiary/aromatic N) is 1. The Bertz CT molecular complexity index is 668. The zero-order valence-electron chi connectivity index (χ0n) is 10.7. The van der Waals surface area contributed by atoms with Gasteiger partial charge in [0, 0.05) is 24.0 Å². The lowest BCUT2D eigenvalue weighted by atomic mass is 10.1. The number of hydrogen-bond donors (Lipinski definition) is 2. The molecule has 0 fully saturated rings. The summed E-state index contributed by atoms with van der Waals surface area (Å²) in [6.45, 7) is 2.28. The zero-order valence-corrected chi connectivity index (χ0v) is 10.7. The van der Waals surface area contributed by atoms with Gasteiger partial charge < -0.3 is 11.1 Å². The van der Waals surface area contributed by atoms with E-state index in [1.54, 1.807) is 13.0 Å². The molecule has 0 atom stereocenters. The molecule has 0 radical (unpaired) electrons. The van der Waals surface area contributed by atoms with Crippen molar-refractivity contribution in [2.75, 3.05) is 12.3 Å². The number of nitrogens with one attached hydrogen (secondary N) is 1. The van der Waals surface area contributed by atoms with Gasteiger partial charge in [-0.25, -0.2) is 4.98 Å². The zero-order chi connectivity index (χ0) is 13.7. The van der Waals surface area contributed by atoms with Crippen LogP contribution < -0.4 is 11.1 Å². The molecule has 1 aromatic carbocycles. The highest BCUT2D eigenvalue weighted by atomic mass is 16.1. The predicted molar refractivity (Wildman–Crippen MR) is 76.6 cm³/mol. The highest BCUT2D eigenvalue weighted by Crippen LogP contribution is 2.19. The van der Waals surface area contributed by atoms with Crippen molar-refractivity contribution in [2.45, 2.75) is 13.3 Å². The number of nitrogen functional groups attached to an aromatic ring is 1. The second-order valence-electron chi connectivity index (χ2n) is 4.05. The van der Waals surface area contributed by atoms with Crippen LogP contribution in [-0.4, -0.2) is 17.4 Å². The molecule has 0 aliphatic rings. The number of carbonyl (C=O) groups excluding carboxylic acids is 1. The molecule has 1 heterocycles. The Kier molecular flexibility index (Phi) is 3.99. The average molecular weight is 253 g/mol. The third-order valence-corrected chi connectivity index (χ3v) is 2.69. The predicted octanol–water partition coefficient (Wildman–Crippen LogP) is 1.96. The van der Waals surface area contributed by atoms with Crippen LogP contribution in [0.25, 0.3) is 10.9 Å². The fourth-order valence-electron chi connectivity index (χ4n) is 1.77. The van der Waals surface area contributed by atoms with Crippen molar-refractivity contribution in [3.63, 3.8) is 0 Å². The van der Waals surface area contributed by atoms with Gasteiger partial charge in [0.1, 0.15) is 5.69 Å². The number of rotatable bonds is 3. The van der Waals surface area contributed by atoms with Gasteiger partial charge in [0.2, 0.25) is 0 Å². The van der Waals surface area contributed by atoms with Gasteiger partial charge >= 0.3 is 0 Å². The molecule has 4 nitrogen and oxygen atoms in total. The van der Waals surface area contributed by atoms with E-state index in [0.717, 1.165) is 10.9 Å². The van der Waals surface area contributed by atoms with Crippen LogP contribution in [0.2, 0.25) is 0 Å². The normalized spacial score (nSPS) is 9.74. The first-order valence-corrected chi connectivity index (χ1v) is 6.05. The average Bonchev–Trinajstić information content (AvgIpc) is 2.43. The van der Waals surface area contributed by atoms with Crippen LogP contribution >= 0.6 is 0 Å². The molecule has 1 aromatic heterocycles. The van der Waals surface area contributed by atoms with E-state index in [1.165, 1.54) is 0 Å². The molecule has 1 amide bonds. The van der Waals surface area contributed by atoms with Crippen molar-refractivity contribution in [3.05, 3.63) is 36.0 Å². The van der Waals surface area contributed by atoms with E-state index in [-0.39, 0.29) is 5.91 Å². The highest BCUT2D eigenvalue weighted by Gasteiger charge is 2.09. The number of benzene rings is 1. The second-order valence-corrected chi connectivity index (χ2v) is 4.05. The Morgan fingerprint density at radius 1 is 1.42 bits per heavy atom. The Morgan fingerprint density at radius 2 is 2.21 bits per heavy atom. The first-order valence-electron chi connectivity index (χ1n) is 6.05. The number of amides is 1. The molecular weight excluding hydrogens is 238 g/mol. The van der Waals surface area contributed by atoms with Gasteiger partial charge in [0.25, 0.3) is 5.91 Å². The summed E-state index contributed by atoms with van der Waals surface area (Å²) in [5.74, 6) is 5.44. The van der Waals surface area contributed by atoms with Crippen molar-refractivity contribution in [2.24, 2.45) is 0 Å². The molecule has 3 N–H and O–H groups in total. The van der Waals surface area contributed by atoms with E-state index in [1.807, 2.05) is 24.3 Å². The molecule has 0 bridgehead atoms. The highest BCUT2D eigenvalue weighted by molar-refractivity contribution is 5.99. The first kappa shape index (κ1) is 12.9. The monoisotopic (exact) mass is 253 g/mol. The van der Waals surface area contributed by atoms with Crippen molar-refractivity contribution in [1.82, 2.24) is 10.3 Å². The molecule has 0 aliphatic heterocycles. The Morgan fingerprint density at radius 3 is 3.00 bits per heavy atom. The van der Waals surface area contributed by atoms with Crippen LogP contribution in [0.15, 0.2) is 30.3 Å². The van der Waals surface area contributed by atoms with Crippen LogP contribution in [0.3, 0.4) is 0 Å². The van der Waals surface area contributed by atoms with E-state index < -0.39 is 0 Å². The molecule has 0 unspecified atom stereocenters. The fourth-order valence-corrected chi connectivity index (χ4v) is 1.77. The molecule has 4 heteroatoms. The van der Waals surface area contributed by atoms with Crippen LogP contribution in [0.5, 0.6) is 0 Å². The van der Waals surface area contributed by atoms with Crippen LogP contribution in [0.4, 0.5) is 5.69 Å². The number of nitrogens with two attached hydrogens (primary N) is 1. The van der Waals surface area contributed by atoms with Crippen LogP contribution in [-0.2, 0) is 0 Å². The molecule has 0 spiro atoms. The number of anilines is 1. The smallest absolute Gasteiger partial charge is 0.270 e. The van der Waals surface area contributed by atoms with Crippen molar-refractivity contribution in [3.8, 4) is 11.8 Å². The van der Waals surface area contributed by atoms with Gasteiger partial charge in [0.05, 0.1) is 5.52 Å². The molecule has 0 saturated carbocycles. The van der Waals surface area contributed by atoms with E-state index in [4.69, 9.17) is 5.73 Å². The molecular formula is C15H15N3O. The Balaban J connectivity index is 2.20. The number of para-hydroxylation sites is 1. The summed E-state index contributed by atoms with van der Waals surface area (Å²) in [6, 6.07) is 9.08. The van der Waals surface area contributed by atoms with E-state index in [0.29, 0.717) is 24.3 Å².